The topological polar surface area (TPSA) is 12.4 Å². The van der Waals surface area contributed by atoms with Crippen LogP contribution in [-0.4, -0.2) is 12.0 Å². The van der Waals surface area contributed by atoms with Crippen molar-refractivity contribution >= 4 is 23.2 Å². The van der Waals surface area contributed by atoms with Crippen molar-refractivity contribution in [3.63, 3.8) is 0 Å². The maximum atomic E-state index is 4.83. The molecule has 1 unspecified atom stereocenters. The lowest BCUT2D eigenvalue weighted by molar-refractivity contribution is 0.497. The number of hydrogen-bond acceptors (Lipinski definition) is 2. The van der Waals surface area contributed by atoms with Crippen LogP contribution in [0.1, 0.15) is 38.2 Å². The second kappa shape index (κ2) is 3.63. The minimum Gasteiger partial charge on any atom is -0.257 e. The molecule has 1 heterocycles. The molecule has 16 heavy (non-hydrogen) atoms. The van der Waals surface area contributed by atoms with E-state index in [2.05, 4.69) is 31.4 Å². The van der Waals surface area contributed by atoms with Crippen LogP contribution < -0.4 is 0 Å². The molecule has 1 aliphatic heterocycles. The molecule has 84 valence electrons. The molecule has 0 amide bonds. The summed E-state index contributed by atoms with van der Waals surface area (Å²) < 4.78 is 0. The number of nitrogens with zero attached hydrogens (tertiary/aromatic N) is 1. The zero-order valence-electron chi connectivity index (χ0n) is 9.92. The van der Waals surface area contributed by atoms with E-state index in [1.54, 1.807) is 0 Å². The number of aliphatic imine (C=N–C) groups is 1. The lowest BCUT2D eigenvalue weighted by atomic mass is 9.71. The first kappa shape index (κ1) is 10.4. The standard InChI is InChI=1S/C14H17NS/c1-14-8-4-3-5-13(14)15-12-7-6-10(16-2)9-11(12)14/h6-7,9H,3-5,8H2,1-2H3. The minimum atomic E-state index is 0.249. The van der Waals surface area contributed by atoms with Gasteiger partial charge in [-0.3, -0.25) is 4.99 Å². The molecule has 0 radical (unpaired) electrons. The highest BCUT2D eigenvalue weighted by Crippen LogP contribution is 2.47. The number of fused-ring (bicyclic) bond motifs is 3. The maximum Gasteiger partial charge on any atom is 0.0671 e. The van der Waals surface area contributed by atoms with E-state index >= 15 is 0 Å². The quantitative estimate of drug-likeness (QED) is 0.655. The van der Waals surface area contributed by atoms with Gasteiger partial charge in [-0.15, -0.1) is 11.8 Å². The Balaban J connectivity index is 2.12. The molecular weight excluding hydrogens is 214 g/mol. The summed E-state index contributed by atoms with van der Waals surface area (Å²) in [5, 5.41) is 0. The average Bonchev–Trinajstić information content (AvgIpc) is 2.61. The van der Waals surface area contributed by atoms with E-state index in [4.69, 9.17) is 4.99 Å². The van der Waals surface area contributed by atoms with E-state index in [9.17, 15) is 0 Å². The fourth-order valence-corrected chi connectivity index (χ4v) is 3.43. The smallest absolute Gasteiger partial charge is 0.0671 e. The van der Waals surface area contributed by atoms with Crippen LogP contribution in [0.2, 0.25) is 0 Å². The summed E-state index contributed by atoms with van der Waals surface area (Å²) in [4.78, 5) is 6.19. The van der Waals surface area contributed by atoms with Crippen LogP contribution in [0.15, 0.2) is 28.1 Å². The molecule has 2 heteroatoms. The zero-order valence-corrected chi connectivity index (χ0v) is 10.7. The van der Waals surface area contributed by atoms with Crippen molar-refractivity contribution in [3.05, 3.63) is 23.8 Å². The summed E-state index contributed by atoms with van der Waals surface area (Å²) in [5.74, 6) is 0. The van der Waals surface area contributed by atoms with Crippen LogP contribution in [0, 0.1) is 0 Å². The maximum absolute atomic E-state index is 4.83. The number of rotatable bonds is 1. The Labute approximate surface area is 101 Å². The van der Waals surface area contributed by atoms with Gasteiger partial charge >= 0.3 is 0 Å². The Kier molecular flexibility index (Phi) is 2.36. The summed E-state index contributed by atoms with van der Waals surface area (Å²) in [6, 6.07) is 6.73. The van der Waals surface area contributed by atoms with Gasteiger partial charge in [0.05, 0.1) is 5.69 Å². The second-order valence-electron chi connectivity index (χ2n) is 4.98. The molecule has 0 spiro atoms. The van der Waals surface area contributed by atoms with Crippen molar-refractivity contribution in [2.75, 3.05) is 6.26 Å². The van der Waals surface area contributed by atoms with Crippen LogP contribution in [-0.2, 0) is 5.41 Å². The minimum absolute atomic E-state index is 0.249. The van der Waals surface area contributed by atoms with Crippen molar-refractivity contribution in [1.29, 1.82) is 0 Å². The molecule has 1 nitrogen and oxygen atoms in total. The second-order valence-corrected chi connectivity index (χ2v) is 5.86. The Morgan fingerprint density at radius 2 is 2.19 bits per heavy atom. The van der Waals surface area contributed by atoms with E-state index in [1.807, 2.05) is 11.8 Å². The van der Waals surface area contributed by atoms with Crippen molar-refractivity contribution in [1.82, 2.24) is 0 Å². The average molecular weight is 231 g/mol. The molecule has 1 aliphatic carbocycles. The fraction of sp³-hybridized carbons (Fsp3) is 0.500. The number of hydrogen-bond donors (Lipinski definition) is 0. The summed E-state index contributed by atoms with van der Waals surface area (Å²) in [6.07, 6.45) is 7.27. The van der Waals surface area contributed by atoms with Crippen molar-refractivity contribution < 1.29 is 0 Å². The van der Waals surface area contributed by atoms with Gasteiger partial charge in [0, 0.05) is 16.0 Å². The highest BCUT2D eigenvalue weighted by molar-refractivity contribution is 7.98. The first-order chi connectivity index (χ1) is 7.74. The van der Waals surface area contributed by atoms with Gasteiger partial charge in [0.25, 0.3) is 0 Å². The Hall–Kier alpha value is -0.760. The molecule has 1 atom stereocenters. The summed E-state index contributed by atoms with van der Waals surface area (Å²) in [5.41, 5.74) is 4.36. The van der Waals surface area contributed by atoms with Gasteiger partial charge in [0.1, 0.15) is 0 Å². The molecule has 0 N–H and O–H groups in total. The van der Waals surface area contributed by atoms with Gasteiger partial charge in [-0.1, -0.05) is 13.3 Å². The molecule has 0 aromatic heterocycles. The van der Waals surface area contributed by atoms with Crippen LogP contribution in [0.3, 0.4) is 0 Å². The summed E-state index contributed by atoms with van der Waals surface area (Å²) in [6.45, 7) is 2.38. The van der Waals surface area contributed by atoms with E-state index in [-0.39, 0.29) is 5.41 Å². The van der Waals surface area contributed by atoms with Gasteiger partial charge in [0.2, 0.25) is 0 Å². The SMILES string of the molecule is CSc1ccc2c(c1)C1(C)CCCCC1=N2. The first-order valence-electron chi connectivity index (χ1n) is 6.00. The largest absolute Gasteiger partial charge is 0.257 e. The van der Waals surface area contributed by atoms with Crippen molar-refractivity contribution in [2.24, 2.45) is 4.99 Å². The highest BCUT2D eigenvalue weighted by Gasteiger charge is 2.40. The van der Waals surface area contributed by atoms with E-state index < -0.39 is 0 Å². The monoisotopic (exact) mass is 231 g/mol. The molecule has 2 aliphatic rings. The van der Waals surface area contributed by atoms with E-state index in [0.717, 1.165) is 0 Å². The van der Waals surface area contributed by atoms with Crippen molar-refractivity contribution in [3.8, 4) is 0 Å². The van der Waals surface area contributed by atoms with Crippen LogP contribution in [0.25, 0.3) is 0 Å². The highest BCUT2D eigenvalue weighted by atomic mass is 32.2. The van der Waals surface area contributed by atoms with Gasteiger partial charge < -0.3 is 0 Å². The van der Waals surface area contributed by atoms with Crippen LogP contribution in [0.4, 0.5) is 5.69 Å². The number of benzene rings is 1. The van der Waals surface area contributed by atoms with Crippen molar-refractivity contribution in [2.45, 2.75) is 42.9 Å². The first-order valence-corrected chi connectivity index (χ1v) is 7.23. The third-order valence-electron chi connectivity index (χ3n) is 4.03. The summed E-state index contributed by atoms with van der Waals surface area (Å²) in [7, 11) is 0. The Morgan fingerprint density at radius 1 is 1.31 bits per heavy atom. The van der Waals surface area contributed by atoms with E-state index in [0.29, 0.717) is 0 Å². The van der Waals surface area contributed by atoms with Crippen LogP contribution >= 0.6 is 11.8 Å². The zero-order chi connectivity index (χ0) is 11.2. The molecular formula is C14H17NS. The van der Waals surface area contributed by atoms with Gasteiger partial charge in [0.15, 0.2) is 0 Å². The van der Waals surface area contributed by atoms with Gasteiger partial charge in [-0.05, 0) is 49.3 Å². The molecule has 0 saturated heterocycles. The molecule has 1 aromatic carbocycles. The number of thioether (sulfide) groups is 1. The Bertz CT molecular complexity index is 464. The lowest BCUT2D eigenvalue weighted by Gasteiger charge is -2.31. The van der Waals surface area contributed by atoms with Crippen LogP contribution in [0.5, 0.6) is 0 Å². The predicted octanol–water partition coefficient (Wildman–Crippen LogP) is 4.33. The fourth-order valence-electron chi connectivity index (χ4n) is 2.99. The third kappa shape index (κ3) is 1.36. The van der Waals surface area contributed by atoms with Gasteiger partial charge in [-0.2, -0.15) is 0 Å². The predicted molar refractivity (Wildman–Crippen MR) is 71.1 cm³/mol. The molecule has 1 saturated carbocycles. The summed E-state index contributed by atoms with van der Waals surface area (Å²) >= 11 is 1.82. The Morgan fingerprint density at radius 3 is 3.00 bits per heavy atom. The lowest BCUT2D eigenvalue weighted by Crippen LogP contribution is -2.32. The molecule has 3 rings (SSSR count). The molecule has 1 aromatic rings. The normalized spacial score (nSPS) is 27.2. The van der Waals surface area contributed by atoms with E-state index in [1.165, 1.54) is 47.5 Å². The molecule has 0 bridgehead atoms. The molecule has 1 fully saturated rings. The van der Waals surface area contributed by atoms with Gasteiger partial charge in [-0.25, -0.2) is 0 Å². The third-order valence-corrected chi connectivity index (χ3v) is 4.76.